The van der Waals surface area contributed by atoms with Crippen LogP contribution in [0, 0.1) is 11.8 Å². The van der Waals surface area contributed by atoms with E-state index in [9.17, 15) is 15.0 Å². The minimum atomic E-state index is -0.288. The third kappa shape index (κ3) is 4.95. The van der Waals surface area contributed by atoms with Gasteiger partial charge in [0.15, 0.2) is 11.0 Å². The van der Waals surface area contributed by atoms with Crippen molar-refractivity contribution in [2.24, 2.45) is 11.8 Å². The van der Waals surface area contributed by atoms with Gasteiger partial charge in [-0.05, 0) is 50.6 Å². The summed E-state index contributed by atoms with van der Waals surface area (Å²) in [7, 11) is 0. The van der Waals surface area contributed by atoms with Crippen molar-refractivity contribution < 1.29 is 14.6 Å². The standard InChI is InChI=1S/C29H36N2O4/c1-19-8-6-12-30(15-19)17-22-27(33)23(18-31-13-7-9-20(2)16-31)29-26(28(22)34)24(32)14-25(35-29)21-10-4-3-5-11-21/h3-5,10-11,14,19-20,33-34H,6-9,12-13,15-18H2,1-2H3/t19-,20+/m1/s1. The van der Waals surface area contributed by atoms with E-state index in [0.717, 1.165) is 44.6 Å². The van der Waals surface area contributed by atoms with Gasteiger partial charge in [-0.2, -0.15) is 0 Å². The Kier molecular flexibility index (Phi) is 6.85. The van der Waals surface area contributed by atoms with Crippen LogP contribution in [0.3, 0.4) is 0 Å². The van der Waals surface area contributed by atoms with E-state index < -0.39 is 0 Å². The predicted octanol–water partition coefficient (Wildman–Crippen LogP) is 5.34. The molecule has 2 fully saturated rings. The molecular weight excluding hydrogens is 440 g/mol. The predicted molar refractivity (Wildman–Crippen MR) is 139 cm³/mol. The number of likely N-dealkylation sites (tertiary alicyclic amines) is 2. The maximum atomic E-state index is 13.4. The largest absolute Gasteiger partial charge is 0.507 e. The molecule has 35 heavy (non-hydrogen) atoms. The van der Waals surface area contributed by atoms with Gasteiger partial charge in [-0.25, -0.2) is 0 Å². The first-order chi connectivity index (χ1) is 16.9. The summed E-state index contributed by atoms with van der Waals surface area (Å²) in [5, 5.41) is 23.0. The summed E-state index contributed by atoms with van der Waals surface area (Å²) in [6.07, 6.45) is 4.59. The van der Waals surface area contributed by atoms with Crippen LogP contribution in [0.2, 0.25) is 0 Å². The normalized spacial score (nSPS) is 22.0. The number of benzene rings is 2. The van der Waals surface area contributed by atoms with Crippen molar-refractivity contribution in [1.82, 2.24) is 9.80 Å². The number of hydrogen-bond donors (Lipinski definition) is 2. The van der Waals surface area contributed by atoms with Gasteiger partial charge in [0.25, 0.3) is 0 Å². The summed E-state index contributed by atoms with van der Waals surface area (Å²) < 4.78 is 6.29. The van der Waals surface area contributed by atoms with E-state index in [0.29, 0.717) is 47.4 Å². The Labute approximate surface area is 206 Å². The first-order valence-electron chi connectivity index (χ1n) is 12.9. The molecule has 0 amide bonds. The van der Waals surface area contributed by atoms with E-state index in [1.54, 1.807) is 0 Å². The minimum Gasteiger partial charge on any atom is -0.507 e. The van der Waals surface area contributed by atoms with Gasteiger partial charge >= 0.3 is 0 Å². The highest BCUT2D eigenvalue weighted by atomic mass is 16.3. The fourth-order valence-corrected chi connectivity index (χ4v) is 5.83. The van der Waals surface area contributed by atoms with Gasteiger partial charge in [-0.15, -0.1) is 0 Å². The Morgan fingerprint density at radius 2 is 1.49 bits per heavy atom. The topological polar surface area (TPSA) is 77.2 Å². The van der Waals surface area contributed by atoms with Crippen LogP contribution < -0.4 is 5.43 Å². The van der Waals surface area contributed by atoms with Crippen LogP contribution in [0.4, 0.5) is 0 Å². The van der Waals surface area contributed by atoms with Crippen LogP contribution in [0.25, 0.3) is 22.3 Å². The van der Waals surface area contributed by atoms with E-state index in [2.05, 4.69) is 23.6 Å². The third-order valence-electron chi connectivity index (χ3n) is 7.62. The molecule has 186 valence electrons. The summed E-state index contributed by atoms with van der Waals surface area (Å²) in [4.78, 5) is 18.0. The van der Waals surface area contributed by atoms with Crippen molar-refractivity contribution in [3.05, 3.63) is 57.7 Å². The Morgan fingerprint density at radius 1 is 0.886 bits per heavy atom. The molecule has 1 aromatic heterocycles. The van der Waals surface area contributed by atoms with Crippen molar-refractivity contribution in [3.8, 4) is 22.8 Å². The zero-order chi connectivity index (χ0) is 24.5. The monoisotopic (exact) mass is 476 g/mol. The van der Waals surface area contributed by atoms with Gasteiger partial charge in [0.2, 0.25) is 0 Å². The first-order valence-corrected chi connectivity index (χ1v) is 12.9. The SMILES string of the molecule is C[C@@H]1CCCN(Cc2c(O)c(CN3CCC[C@H](C)C3)c3oc(-c4ccccc4)cc(=O)c3c2O)C1. The molecule has 0 unspecified atom stereocenters. The van der Waals surface area contributed by atoms with Gasteiger partial charge in [-0.1, -0.05) is 44.2 Å². The van der Waals surface area contributed by atoms with Crippen molar-refractivity contribution in [2.45, 2.75) is 52.6 Å². The number of piperidine rings is 2. The lowest BCUT2D eigenvalue weighted by molar-refractivity contribution is 0.170. The molecule has 0 saturated carbocycles. The van der Waals surface area contributed by atoms with E-state index in [4.69, 9.17) is 4.42 Å². The smallest absolute Gasteiger partial charge is 0.197 e. The number of phenols is 2. The van der Waals surface area contributed by atoms with E-state index in [1.165, 1.54) is 18.9 Å². The van der Waals surface area contributed by atoms with E-state index in [-0.39, 0.29) is 22.3 Å². The summed E-state index contributed by atoms with van der Waals surface area (Å²) in [6.45, 7) is 9.08. The third-order valence-corrected chi connectivity index (χ3v) is 7.62. The molecule has 0 aliphatic carbocycles. The second kappa shape index (κ2) is 10.0. The van der Waals surface area contributed by atoms with E-state index >= 15 is 0 Å². The molecule has 2 aliphatic heterocycles. The Balaban J connectivity index is 1.65. The molecule has 6 nitrogen and oxygen atoms in total. The number of hydrogen-bond acceptors (Lipinski definition) is 6. The quantitative estimate of drug-likeness (QED) is 0.518. The van der Waals surface area contributed by atoms with E-state index in [1.807, 2.05) is 30.3 Å². The molecule has 2 N–H and O–H groups in total. The Hall–Kier alpha value is -2.83. The van der Waals surface area contributed by atoms with Crippen molar-refractivity contribution in [2.75, 3.05) is 26.2 Å². The van der Waals surface area contributed by atoms with Gasteiger partial charge < -0.3 is 14.6 Å². The zero-order valence-corrected chi connectivity index (χ0v) is 20.8. The molecular formula is C29H36N2O4. The van der Waals surface area contributed by atoms with Crippen LogP contribution >= 0.6 is 0 Å². The average molecular weight is 477 g/mol. The minimum absolute atomic E-state index is 0.0554. The van der Waals surface area contributed by atoms with Crippen LogP contribution in [0.5, 0.6) is 11.5 Å². The Morgan fingerprint density at radius 3 is 2.09 bits per heavy atom. The van der Waals surface area contributed by atoms with Crippen LogP contribution in [0.15, 0.2) is 45.6 Å². The van der Waals surface area contributed by atoms with Gasteiger partial charge in [0.05, 0.1) is 11.1 Å². The molecule has 2 aliphatic rings. The molecule has 2 saturated heterocycles. The maximum absolute atomic E-state index is 13.4. The van der Waals surface area contributed by atoms with Crippen LogP contribution in [-0.4, -0.2) is 46.2 Å². The van der Waals surface area contributed by atoms with Gasteiger partial charge in [-0.3, -0.25) is 14.6 Å². The lowest BCUT2D eigenvalue weighted by atomic mass is 9.96. The lowest BCUT2D eigenvalue weighted by Gasteiger charge is -2.33. The second-order valence-electron chi connectivity index (χ2n) is 10.7. The van der Waals surface area contributed by atoms with Crippen molar-refractivity contribution in [3.63, 3.8) is 0 Å². The van der Waals surface area contributed by atoms with Crippen molar-refractivity contribution >= 4 is 11.0 Å². The molecule has 2 atom stereocenters. The zero-order valence-electron chi connectivity index (χ0n) is 20.8. The highest BCUT2D eigenvalue weighted by Gasteiger charge is 2.28. The highest BCUT2D eigenvalue weighted by Crippen LogP contribution is 2.41. The molecule has 5 rings (SSSR count). The summed E-state index contributed by atoms with van der Waals surface area (Å²) in [5.41, 5.74) is 1.83. The number of rotatable bonds is 5. The Bertz CT molecular complexity index is 1250. The number of fused-ring (bicyclic) bond motifs is 1. The summed E-state index contributed by atoms with van der Waals surface area (Å²) in [5.74, 6) is 1.49. The average Bonchev–Trinajstić information content (AvgIpc) is 2.84. The molecule has 3 aromatic rings. The fraction of sp³-hybridized carbons (Fsp3) is 0.483. The molecule has 6 heteroatoms. The highest BCUT2D eigenvalue weighted by molar-refractivity contribution is 5.91. The van der Waals surface area contributed by atoms with Crippen LogP contribution in [-0.2, 0) is 13.1 Å². The second-order valence-corrected chi connectivity index (χ2v) is 10.7. The van der Waals surface area contributed by atoms with Crippen molar-refractivity contribution in [1.29, 1.82) is 0 Å². The fourth-order valence-electron chi connectivity index (χ4n) is 5.83. The number of nitrogens with zero attached hydrogens (tertiary/aromatic N) is 2. The number of aromatic hydroxyl groups is 2. The lowest BCUT2D eigenvalue weighted by Crippen LogP contribution is -2.34. The van der Waals surface area contributed by atoms with Gasteiger partial charge in [0.1, 0.15) is 22.6 Å². The molecule has 0 radical (unpaired) electrons. The molecule has 3 heterocycles. The summed E-state index contributed by atoms with van der Waals surface area (Å²) in [6, 6.07) is 10.9. The van der Waals surface area contributed by atoms with Gasteiger partial charge in [0, 0.05) is 37.8 Å². The van der Waals surface area contributed by atoms with Crippen LogP contribution in [0.1, 0.15) is 50.7 Å². The summed E-state index contributed by atoms with van der Waals surface area (Å²) >= 11 is 0. The molecule has 0 spiro atoms. The number of phenolic OH excluding ortho intramolecular Hbond substituents is 2. The molecule has 2 aromatic carbocycles. The molecule has 0 bridgehead atoms. The maximum Gasteiger partial charge on any atom is 0.197 e. The first kappa shape index (κ1) is 23.9.